The van der Waals surface area contributed by atoms with Crippen molar-refractivity contribution in [3.05, 3.63) is 102 Å². The Kier molecular flexibility index (Phi) is 5.97. The van der Waals surface area contributed by atoms with E-state index >= 15 is 0 Å². The number of aryl methyl sites for hydroxylation is 1. The lowest BCUT2D eigenvalue weighted by molar-refractivity contribution is 0.277. The van der Waals surface area contributed by atoms with Gasteiger partial charge in [0.05, 0.1) is 18.5 Å². The first kappa shape index (κ1) is 20.2. The number of para-hydroxylation sites is 1. The Bertz CT molecular complexity index is 1210. The third-order valence-corrected chi connectivity index (χ3v) is 4.93. The number of imidazole rings is 1. The molecule has 6 heteroatoms. The molecular weight excluding hydrogens is 390 g/mol. The van der Waals surface area contributed by atoms with Crippen LogP contribution >= 0.6 is 0 Å². The van der Waals surface area contributed by atoms with Gasteiger partial charge in [-0.05, 0) is 42.0 Å². The van der Waals surface area contributed by atoms with E-state index in [1.807, 2.05) is 60.1 Å². The maximum Gasteiger partial charge on any atom is 0.145 e. The number of aliphatic hydroxyl groups is 1. The SMILES string of the molecule is Cn1cncc1C(CO)c1ccc(C#N)c(Oc2cccc(Oc3ccccc3)c2)c1. The van der Waals surface area contributed by atoms with Crippen LogP contribution in [-0.4, -0.2) is 21.3 Å². The van der Waals surface area contributed by atoms with Crippen LogP contribution < -0.4 is 9.47 Å². The van der Waals surface area contributed by atoms with E-state index in [1.165, 1.54) is 0 Å². The van der Waals surface area contributed by atoms with Crippen molar-refractivity contribution in [1.82, 2.24) is 9.55 Å². The summed E-state index contributed by atoms with van der Waals surface area (Å²) in [6.07, 6.45) is 3.42. The van der Waals surface area contributed by atoms with E-state index in [4.69, 9.17) is 9.47 Å². The summed E-state index contributed by atoms with van der Waals surface area (Å²) in [5.74, 6) is 2.03. The number of rotatable bonds is 7. The third kappa shape index (κ3) is 4.58. The highest BCUT2D eigenvalue weighted by molar-refractivity contribution is 5.50. The molecule has 0 aliphatic carbocycles. The predicted molar refractivity (Wildman–Crippen MR) is 116 cm³/mol. The number of hydrogen-bond acceptors (Lipinski definition) is 5. The van der Waals surface area contributed by atoms with Crippen LogP contribution in [0.3, 0.4) is 0 Å². The van der Waals surface area contributed by atoms with Gasteiger partial charge in [0, 0.05) is 30.9 Å². The molecule has 4 aromatic rings. The van der Waals surface area contributed by atoms with Gasteiger partial charge < -0.3 is 19.1 Å². The van der Waals surface area contributed by atoms with E-state index < -0.39 is 0 Å². The van der Waals surface area contributed by atoms with Gasteiger partial charge in [-0.3, -0.25) is 0 Å². The lowest BCUT2D eigenvalue weighted by Crippen LogP contribution is -2.10. The van der Waals surface area contributed by atoms with Gasteiger partial charge in [0.25, 0.3) is 0 Å². The lowest BCUT2D eigenvalue weighted by Gasteiger charge is -2.17. The molecule has 1 atom stereocenters. The summed E-state index contributed by atoms with van der Waals surface area (Å²) in [7, 11) is 1.88. The molecule has 0 spiro atoms. The summed E-state index contributed by atoms with van der Waals surface area (Å²) >= 11 is 0. The Morgan fingerprint density at radius 1 is 0.968 bits per heavy atom. The molecule has 1 heterocycles. The molecule has 0 fully saturated rings. The molecule has 0 radical (unpaired) electrons. The topological polar surface area (TPSA) is 80.3 Å². The van der Waals surface area contributed by atoms with E-state index in [9.17, 15) is 10.4 Å². The molecule has 31 heavy (non-hydrogen) atoms. The van der Waals surface area contributed by atoms with Crippen molar-refractivity contribution < 1.29 is 14.6 Å². The molecule has 4 rings (SSSR count). The molecule has 1 unspecified atom stereocenters. The van der Waals surface area contributed by atoms with Crippen LogP contribution in [0.5, 0.6) is 23.0 Å². The Morgan fingerprint density at radius 3 is 2.39 bits per heavy atom. The van der Waals surface area contributed by atoms with Crippen molar-refractivity contribution in [2.75, 3.05) is 6.61 Å². The zero-order chi connectivity index (χ0) is 21.6. The quantitative estimate of drug-likeness (QED) is 0.463. The minimum absolute atomic E-state index is 0.0920. The molecule has 1 N–H and O–H groups in total. The standard InChI is InChI=1S/C25H21N3O3/c1-28-17-27-15-24(28)23(16-29)18-10-11-19(14-26)25(12-18)31-22-9-5-8-21(13-22)30-20-6-3-2-4-7-20/h2-13,15,17,23,29H,16H2,1H3. The van der Waals surface area contributed by atoms with Gasteiger partial charge in [0.15, 0.2) is 0 Å². The fourth-order valence-electron chi connectivity index (χ4n) is 3.36. The average molecular weight is 411 g/mol. The summed E-state index contributed by atoms with van der Waals surface area (Å²) in [6, 6.07) is 24.2. The van der Waals surface area contributed by atoms with Crippen molar-refractivity contribution in [1.29, 1.82) is 5.26 Å². The number of aliphatic hydroxyl groups excluding tert-OH is 1. The van der Waals surface area contributed by atoms with Crippen LogP contribution in [0.2, 0.25) is 0 Å². The second-order valence-corrected chi connectivity index (χ2v) is 7.02. The highest BCUT2D eigenvalue weighted by atomic mass is 16.5. The fourth-order valence-corrected chi connectivity index (χ4v) is 3.36. The Hall–Kier alpha value is -4.08. The zero-order valence-corrected chi connectivity index (χ0v) is 17.0. The molecule has 0 aliphatic rings. The number of hydrogen-bond donors (Lipinski definition) is 1. The molecule has 0 saturated carbocycles. The number of ether oxygens (including phenoxy) is 2. The number of benzene rings is 3. The van der Waals surface area contributed by atoms with Crippen molar-refractivity contribution >= 4 is 0 Å². The number of nitriles is 1. The smallest absolute Gasteiger partial charge is 0.145 e. The van der Waals surface area contributed by atoms with E-state index in [-0.39, 0.29) is 12.5 Å². The van der Waals surface area contributed by atoms with E-state index in [1.54, 1.807) is 36.8 Å². The largest absolute Gasteiger partial charge is 0.457 e. The van der Waals surface area contributed by atoms with Gasteiger partial charge in [0.2, 0.25) is 0 Å². The first-order valence-corrected chi connectivity index (χ1v) is 9.80. The number of aromatic nitrogens is 2. The third-order valence-electron chi connectivity index (χ3n) is 4.93. The molecule has 0 aliphatic heterocycles. The highest BCUT2D eigenvalue weighted by Crippen LogP contribution is 2.33. The first-order chi connectivity index (χ1) is 15.2. The predicted octanol–water partition coefficient (Wildman–Crippen LogP) is 5.00. The summed E-state index contributed by atoms with van der Waals surface area (Å²) in [5.41, 5.74) is 2.10. The summed E-state index contributed by atoms with van der Waals surface area (Å²) in [5, 5.41) is 19.5. The first-order valence-electron chi connectivity index (χ1n) is 9.80. The van der Waals surface area contributed by atoms with E-state index in [2.05, 4.69) is 11.1 Å². The zero-order valence-electron chi connectivity index (χ0n) is 17.0. The minimum atomic E-state index is -0.282. The lowest BCUT2D eigenvalue weighted by atomic mass is 9.95. The monoisotopic (exact) mass is 411 g/mol. The Morgan fingerprint density at radius 2 is 1.71 bits per heavy atom. The van der Waals surface area contributed by atoms with E-state index in [0.29, 0.717) is 22.8 Å². The second kappa shape index (κ2) is 9.16. The van der Waals surface area contributed by atoms with Crippen LogP contribution in [0, 0.1) is 11.3 Å². The van der Waals surface area contributed by atoms with Crippen LogP contribution in [0.1, 0.15) is 22.7 Å². The summed E-state index contributed by atoms with van der Waals surface area (Å²) in [6.45, 7) is -0.0920. The van der Waals surface area contributed by atoms with Gasteiger partial charge >= 0.3 is 0 Å². The molecule has 0 bridgehead atoms. The normalized spacial score (nSPS) is 11.5. The molecule has 0 saturated heterocycles. The number of nitrogens with zero attached hydrogens (tertiary/aromatic N) is 3. The van der Waals surface area contributed by atoms with Crippen LogP contribution in [0.25, 0.3) is 0 Å². The Labute approximate surface area is 180 Å². The van der Waals surface area contributed by atoms with Gasteiger partial charge in [-0.2, -0.15) is 5.26 Å². The average Bonchev–Trinajstić information content (AvgIpc) is 3.21. The maximum absolute atomic E-state index is 10.00. The van der Waals surface area contributed by atoms with Crippen LogP contribution in [-0.2, 0) is 7.05 Å². The minimum Gasteiger partial charge on any atom is -0.457 e. The fraction of sp³-hybridized carbons (Fsp3) is 0.120. The van der Waals surface area contributed by atoms with Gasteiger partial charge in [0.1, 0.15) is 29.1 Å². The summed E-state index contributed by atoms with van der Waals surface area (Å²) in [4.78, 5) is 4.14. The van der Waals surface area contributed by atoms with Crippen LogP contribution in [0.4, 0.5) is 0 Å². The van der Waals surface area contributed by atoms with Gasteiger partial charge in [-0.1, -0.05) is 30.3 Å². The van der Waals surface area contributed by atoms with E-state index in [0.717, 1.165) is 17.0 Å². The molecule has 3 aromatic carbocycles. The van der Waals surface area contributed by atoms with Crippen LogP contribution in [0.15, 0.2) is 85.3 Å². The maximum atomic E-state index is 10.00. The van der Waals surface area contributed by atoms with Gasteiger partial charge in [-0.25, -0.2) is 4.98 Å². The molecule has 0 amide bonds. The highest BCUT2D eigenvalue weighted by Gasteiger charge is 2.19. The molecule has 1 aromatic heterocycles. The molecule has 6 nitrogen and oxygen atoms in total. The van der Waals surface area contributed by atoms with Crippen molar-refractivity contribution in [3.63, 3.8) is 0 Å². The second-order valence-electron chi connectivity index (χ2n) is 7.02. The summed E-state index contributed by atoms with van der Waals surface area (Å²) < 4.78 is 13.8. The molecular formula is C25H21N3O3. The van der Waals surface area contributed by atoms with Gasteiger partial charge in [-0.15, -0.1) is 0 Å². The van der Waals surface area contributed by atoms with Crippen molar-refractivity contribution in [3.8, 4) is 29.1 Å². The van der Waals surface area contributed by atoms with Crippen molar-refractivity contribution in [2.24, 2.45) is 7.05 Å². The Balaban J connectivity index is 1.62. The molecule has 154 valence electrons. The van der Waals surface area contributed by atoms with Crippen molar-refractivity contribution in [2.45, 2.75) is 5.92 Å².